The number of methoxy groups -OCH3 is 1. The molecule has 0 aliphatic heterocycles. The maximum absolute atomic E-state index is 12.1. The molecular formula is C14H18N2O6. The lowest BCUT2D eigenvalue weighted by atomic mass is 9.94. The van der Waals surface area contributed by atoms with Crippen LogP contribution in [-0.2, 0) is 4.79 Å². The molecule has 120 valence electrons. The van der Waals surface area contributed by atoms with Gasteiger partial charge in [-0.25, -0.2) is 0 Å². The zero-order valence-corrected chi connectivity index (χ0v) is 12.8. The highest BCUT2D eigenvalue weighted by molar-refractivity contribution is 5.96. The first kappa shape index (κ1) is 17.4. The van der Waals surface area contributed by atoms with Crippen molar-refractivity contribution in [2.45, 2.75) is 20.8 Å². The molecule has 0 saturated carbocycles. The molecule has 0 aromatic heterocycles. The van der Waals surface area contributed by atoms with Gasteiger partial charge in [-0.15, -0.1) is 0 Å². The van der Waals surface area contributed by atoms with Crippen LogP contribution in [0.15, 0.2) is 12.1 Å². The van der Waals surface area contributed by atoms with E-state index in [1.165, 1.54) is 33.9 Å². The van der Waals surface area contributed by atoms with Crippen LogP contribution < -0.4 is 10.1 Å². The van der Waals surface area contributed by atoms with Crippen LogP contribution in [0, 0.1) is 22.5 Å². The average Bonchev–Trinajstić information content (AvgIpc) is 2.44. The minimum absolute atomic E-state index is 0.0374. The number of hydrogen-bond acceptors (Lipinski definition) is 5. The van der Waals surface area contributed by atoms with Crippen molar-refractivity contribution in [1.29, 1.82) is 0 Å². The standard InChI is InChI=1S/C14H18N2O6/c1-8-10(16(20)21)5-9(6-11(8)22-4)12(17)15-7-14(2,3)13(18)19/h5-6H,7H2,1-4H3,(H,15,17)(H,18,19). The van der Waals surface area contributed by atoms with Gasteiger partial charge in [0.25, 0.3) is 11.6 Å². The van der Waals surface area contributed by atoms with Gasteiger partial charge in [-0.1, -0.05) is 0 Å². The van der Waals surface area contributed by atoms with Gasteiger partial charge in [-0.2, -0.15) is 0 Å². The van der Waals surface area contributed by atoms with Crippen molar-refractivity contribution < 1.29 is 24.4 Å². The Morgan fingerprint density at radius 2 is 2.00 bits per heavy atom. The summed E-state index contributed by atoms with van der Waals surface area (Å²) in [6.07, 6.45) is 0. The average molecular weight is 310 g/mol. The second-order valence-corrected chi connectivity index (χ2v) is 5.45. The number of benzene rings is 1. The minimum atomic E-state index is -1.14. The van der Waals surface area contributed by atoms with E-state index in [1.54, 1.807) is 0 Å². The number of carbonyl (C=O) groups excluding carboxylic acids is 1. The van der Waals surface area contributed by atoms with Crippen LogP contribution in [-0.4, -0.2) is 35.6 Å². The zero-order chi connectivity index (χ0) is 17.1. The normalized spacial score (nSPS) is 10.9. The van der Waals surface area contributed by atoms with Crippen LogP contribution in [0.5, 0.6) is 5.75 Å². The predicted molar refractivity (Wildman–Crippen MR) is 78.1 cm³/mol. The molecule has 0 aliphatic rings. The molecule has 1 aromatic rings. The van der Waals surface area contributed by atoms with Gasteiger partial charge >= 0.3 is 5.97 Å². The van der Waals surface area contributed by atoms with Crippen LogP contribution in [0.1, 0.15) is 29.8 Å². The molecule has 8 nitrogen and oxygen atoms in total. The lowest BCUT2D eigenvalue weighted by Crippen LogP contribution is -2.38. The summed E-state index contributed by atoms with van der Waals surface area (Å²) >= 11 is 0. The van der Waals surface area contributed by atoms with Crippen molar-refractivity contribution >= 4 is 17.6 Å². The summed E-state index contributed by atoms with van der Waals surface area (Å²) in [5, 5.41) is 22.5. The number of ether oxygens (including phenoxy) is 1. The number of carbonyl (C=O) groups is 2. The van der Waals surface area contributed by atoms with Crippen LogP contribution in [0.25, 0.3) is 0 Å². The van der Waals surface area contributed by atoms with E-state index < -0.39 is 22.2 Å². The number of nitrogens with one attached hydrogen (secondary N) is 1. The molecule has 0 fully saturated rings. The molecule has 1 aromatic carbocycles. The molecule has 0 aliphatic carbocycles. The lowest BCUT2D eigenvalue weighted by molar-refractivity contribution is -0.385. The molecule has 0 spiro atoms. The Morgan fingerprint density at radius 3 is 2.45 bits per heavy atom. The molecule has 1 rings (SSSR count). The number of nitrogens with zero attached hydrogens (tertiary/aromatic N) is 1. The van der Waals surface area contributed by atoms with Crippen molar-refractivity contribution in [3.8, 4) is 5.75 Å². The van der Waals surface area contributed by atoms with Gasteiger partial charge in [0.05, 0.1) is 23.0 Å². The third-order valence-corrected chi connectivity index (χ3v) is 3.28. The number of carboxylic acids is 1. The summed E-state index contributed by atoms with van der Waals surface area (Å²) in [5.74, 6) is -1.44. The number of carboxylic acid groups (broad SMARTS) is 1. The quantitative estimate of drug-likeness (QED) is 0.610. The highest BCUT2D eigenvalue weighted by Gasteiger charge is 2.28. The van der Waals surface area contributed by atoms with Crippen LogP contribution in [0.3, 0.4) is 0 Å². The van der Waals surface area contributed by atoms with Crippen molar-refractivity contribution in [3.05, 3.63) is 33.4 Å². The topological polar surface area (TPSA) is 119 Å². The summed E-state index contributed by atoms with van der Waals surface area (Å²) in [5.41, 5.74) is -1.02. The van der Waals surface area contributed by atoms with Gasteiger partial charge in [0.1, 0.15) is 5.75 Å². The molecule has 0 atom stereocenters. The van der Waals surface area contributed by atoms with E-state index in [0.29, 0.717) is 5.56 Å². The van der Waals surface area contributed by atoms with Crippen molar-refractivity contribution in [1.82, 2.24) is 5.32 Å². The Morgan fingerprint density at radius 1 is 1.41 bits per heavy atom. The molecule has 0 heterocycles. The predicted octanol–water partition coefficient (Wildman–Crippen LogP) is 1.75. The molecular weight excluding hydrogens is 292 g/mol. The first-order valence-corrected chi connectivity index (χ1v) is 6.44. The third-order valence-electron chi connectivity index (χ3n) is 3.28. The minimum Gasteiger partial charge on any atom is -0.496 e. The molecule has 1 amide bonds. The third kappa shape index (κ3) is 3.72. The molecule has 22 heavy (non-hydrogen) atoms. The van der Waals surface area contributed by atoms with E-state index in [9.17, 15) is 19.7 Å². The van der Waals surface area contributed by atoms with Gasteiger partial charge < -0.3 is 15.2 Å². The number of nitro benzene ring substituents is 1. The Kier molecular flexibility index (Phi) is 5.08. The maximum Gasteiger partial charge on any atom is 0.310 e. The van der Waals surface area contributed by atoms with Crippen molar-refractivity contribution in [2.75, 3.05) is 13.7 Å². The largest absolute Gasteiger partial charge is 0.496 e. The molecule has 0 unspecified atom stereocenters. The maximum atomic E-state index is 12.1. The second kappa shape index (κ2) is 6.42. The van der Waals surface area contributed by atoms with Crippen molar-refractivity contribution in [2.24, 2.45) is 5.41 Å². The van der Waals surface area contributed by atoms with Crippen LogP contribution >= 0.6 is 0 Å². The van der Waals surface area contributed by atoms with Gasteiger partial charge in [0.15, 0.2) is 0 Å². The number of amides is 1. The first-order chi connectivity index (χ1) is 10.1. The van der Waals surface area contributed by atoms with E-state index in [4.69, 9.17) is 9.84 Å². The number of rotatable bonds is 6. The lowest BCUT2D eigenvalue weighted by Gasteiger charge is -2.19. The van der Waals surface area contributed by atoms with E-state index in [-0.39, 0.29) is 23.5 Å². The monoisotopic (exact) mass is 310 g/mol. The van der Waals surface area contributed by atoms with Gasteiger partial charge in [0, 0.05) is 18.2 Å². The van der Waals surface area contributed by atoms with Gasteiger partial charge in [0.2, 0.25) is 0 Å². The Labute approximate surface area is 127 Å². The summed E-state index contributed by atoms with van der Waals surface area (Å²) in [7, 11) is 1.35. The number of aliphatic carboxylic acids is 1. The van der Waals surface area contributed by atoms with Gasteiger partial charge in [-0.3, -0.25) is 19.7 Å². The second-order valence-electron chi connectivity index (χ2n) is 5.45. The summed E-state index contributed by atoms with van der Waals surface area (Å²) in [4.78, 5) is 33.5. The number of nitro groups is 1. The highest BCUT2D eigenvalue weighted by Crippen LogP contribution is 2.29. The van der Waals surface area contributed by atoms with E-state index in [2.05, 4.69) is 5.32 Å². The highest BCUT2D eigenvalue weighted by atomic mass is 16.6. The molecule has 2 N–H and O–H groups in total. The Hall–Kier alpha value is -2.64. The fourth-order valence-corrected chi connectivity index (χ4v) is 1.68. The van der Waals surface area contributed by atoms with E-state index >= 15 is 0 Å². The van der Waals surface area contributed by atoms with Crippen LogP contribution in [0.2, 0.25) is 0 Å². The Balaban J connectivity index is 3.06. The molecule has 0 saturated heterocycles. The number of hydrogen-bond donors (Lipinski definition) is 2. The SMILES string of the molecule is COc1cc(C(=O)NCC(C)(C)C(=O)O)cc([N+](=O)[O-])c1C. The molecule has 8 heteroatoms. The fraction of sp³-hybridized carbons (Fsp3) is 0.429. The van der Waals surface area contributed by atoms with E-state index in [0.717, 1.165) is 6.07 Å². The van der Waals surface area contributed by atoms with Crippen LogP contribution in [0.4, 0.5) is 5.69 Å². The van der Waals surface area contributed by atoms with Crippen molar-refractivity contribution in [3.63, 3.8) is 0 Å². The smallest absolute Gasteiger partial charge is 0.310 e. The summed E-state index contributed by atoms with van der Waals surface area (Å²) in [6, 6.07) is 2.52. The fourth-order valence-electron chi connectivity index (χ4n) is 1.68. The Bertz CT molecular complexity index is 624. The van der Waals surface area contributed by atoms with Gasteiger partial charge in [-0.05, 0) is 26.8 Å². The molecule has 0 bridgehead atoms. The zero-order valence-electron chi connectivity index (χ0n) is 12.8. The molecule has 0 radical (unpaired) electrons. The first-order valence-electron chi connectivity index (χ1n) is 6.44. The summed E-state index contributed by atoms with van der Waals surface area (Å²) in [6.45, 7) is 4.35. The summed E-state index contributed by atoms with van der Waals surface area (Å²) < 4.78 is 5.03. The van der Waals surface area contributed by atoms with E-state index in [1.807, 2.05) is 0 Å².